The molecule has 1 aliphatic carbocycles. The minimum atomic E-state index is -0.143. The molecular formula is C21H36O2. The summed E-state index contributed by atoms with van der Waals surface area (Å²) in [4.78, 5) is 10.8. The van der Waals surface area contributed by atoms with Gasteiger partial charge in [-0.15, -0.1) is 0 Å². The lowest BCUT2D eigenvalue weighted by Gasteiger charge is -2.22. The lowest BCUT2D eigenvalue weighted by atomic mass is 9.85. The third-order valence-electron chi connectivity index (χ3n) is 4.02. The molecule has 0 unspecified atom stereocenters. The number of carbonyl (C=O) groups excluding carboxylic acids is 1. The van der Waals surface area contributed by atoms with E-state index in [-0.39, 0.29) is 17.8 Å². The number of hydrogen-bond acceptors (Lipinski definition) is 2. The molecule has 1 fully saturated rings. The molecular weight excluding hydrogens is 284 g/mol. The van der Waals surface area contributed by atoms with Gasteiger partial charge in [0.15, 0.2) is 0 Å². The number of benzene rings is 1. The van der Waals surface area contributed by atoms with E-state index in [4.69, 9.17) is 5.11 Å². The van der Waals surface area contributed by atoms with E-state index < -0.39 is 0 Å². The van der Waals surface area contributed by atoms with Gasteiger partial charge in [-0.25, -0.2) is 0 Å². The summed E-state index contributed by atoms with van der Waals surface area (Å²) in [5.74, 6) is 1.18. The van der Waals surface area contributed by atoms with E-state index in [1.165, 1.54) is 17.5 Å². The summed E-state index contributed by atoms with van der Waals surface area (Å²) in [5.41, 5.74) is 2.76. The molecule has 0 aliphatic heterocycles. The highest BCUT2D eigenvalue weighted by atomic mass is 16.3. The Labute approximate surface area is 143 Å². The van der Waals surface area contributed by atoms with Crippen LogP contribution in [0.5, 0.6) is 0 Å². The molecule has 0 radical (unpaired) electrons. The Kier molecular flexibility index (Phi) is 11.7. The van der Waals surface area contributed by atoms with Gasteiger partial charge in [0.25, 0.3) is 0 Å². The molecule has 1 aromatic carbocycles. The van der Waals surface area contributed by atoms with Gasteiger partial charge in [-0.05, 0) is 51.0 Å². The summed E-state index contributed by atoms with van der Waals surface area (Å²) >= 11 is 0. The van der Waals surface area contributed by atoms with Crippen LogP contribution in [0.2, 0.25) is 0 Å². The average molecular weight is 321 g/mol. The molecule has 23 heavy (non-hydrogen) atoms. The van der Waals surface area contributed by atoms with E-state index in [0.717, 1.165) is 25.7 Å². The number of aliphatic hydroxyl groups is 1. The third kappa shape index (κ3) is 10.3. The van der Waals surface area contributed by atoms with Gasteiger partial charge in [-0.1, -0.05) is 63.9 Å². The van der Waals surface area contributed by atoms with Crippen molar-refractivity contribution in [1.29, 1.82) is 0 Å². The fourth-order valence-corrected chi connectivity index (χ4v) is 2.43. The number of hydrogen-bond donors (Lipinski definition) is 1. The smallest absolute Gasteiger partial charge is 0.132 e. The molecule has 0 bridgehead atoms. The van der Waals surface area contributed by atoms with E-state index in [2.05, 4.69) is 58.9 Å². The third-order valence-corrected chi connectivity index (χ3v) is 4.02. The van der Waals surface area contributed by atoms with Crippen molar-refractivity contribution < 1.29 is 9.90 Å². The molecule has 1 N–H and O–H groups in total. The number of rotatable bonds is 2. The van der Waals surface area contributed by atoms with Crippen molar-refractivity contribution >= 4 is 5.78 Å². The molecule has 2 rings (SSSR count). The van der Waals surface area contributed by atoms with Crippen LogP contribution in [-0.2, 0) is 4.79 Å². The van der Waals surface area contributed by atoms with Gasteiger partial charge in [-0.2, -0.15) is 0 Å². The van der Waals surface area contributed by atoms with Gasteiger partial charge in [-0.3, -0.25) is 4.79 Å². The Morgan fingerprint density at radius 3 is 1.87 bits per heavy atom. The molecule has 1 aliphatic rings. The number of aryl methyl sites for hydroxylation is 1. The Hall–Kier alpha value is -1.15. The molecule has 0 amide bonds. The van der Waals surface area contributed by atoms with Crippen molar-refractivity contribution in [3.8, 4) is 0 Å². The van der Waals surface area contributed by atoms with Crippen molar-refractivity contribution in [2.24, 2.45) is 5.92 Å². The van der Waals surface area contributed by atoms with Gasteiger partial charge < -0.3 is 5.11 Å². The van der Waals surface area contributed by atoms with Crippen LogP contribution < -0.4 is 0 Å². The lowest BCUT2D eigenvalue weighted by molar-refractivity contribution is -0.122. The molecule has 2 nitrogen and oxygen atoms in total. The van der Waals surface area contributed by atoms with Gasteiger partial charge in [0.2, 0.25) is 0 Å². The first-order valence-electron chi connectivity index (χ1n) is 9.06. The number of aliphatic hydroxyl groups excluding tert-OH is 1. The zero-order valence-corrected chi connectivity index (χ0v) is 15.9. The van der Waals surface area contributed by atoms with Crippen LogP contribution in [-0.4, -0.2) is 17.0 Å². The Balaban J connectivity index is 0.000000360. The topological polar surface area (TPSA) is 37.3 Å². The molecule has 0 spiro atoms. The first-order valence-corrected chi connectivity index (χ1v) is 9.06. The van der Waals surface area contributed by atoms with Crippen LogP contribution in [0.1, 0.15) is 83.8 Å². The molecule has 1 saturated carbocycles. The predicted octanol–water partition coefficient (Wildman–Crippen LogP) is 5.66. The fraction of sp³-hybridized carbons (Fsp3) is 0.667. The van der Waals surface area contributed by atoms with E-state index in [1.54, 1.807) is 6.92 Å². The summed E-state index contributed by atoms with van der Waals surface area (Å²) in [6, 6.07) is 8.71. The largest absolute Gasteiger partial charge is 0.393 e. The van der Waals surface area contributed by atoms with Crippen LogP contribution in [0, 0.1) is 12.8 Å². The van der Waals surface area contributed by atoms with E-state index in [0.29, 0.717) is 5.92 Å². The van der Waals surface area contributed by atoms with Gasteiger partial charge >= 0.3 is 0 Å². The van der Waals surface area contributed by atoms with Crippen molar-refractivity contribution in [3.63, 3.8) is 0 Å². The lowest BCUT2D eigenvalue weighted by Crippen LogP contribution is -2.22. The van der Waals surface area contributed by atoms with Gasteiger partial charge in [0.1, 0.15) is 5.78 Å². The SMILES string of the molecule is CC(=O)C1CCC(O)CC1.CCC.Cc1ccc(C(C)C)cc1. The second-order valence-electron chi connectivity index (χ2n) is 6.89. The number of Topliss-reactive ketones (excluding diaryl/α,β-unsaturated/α-hetero) is 1. The van der Waals surface area contributed by atoms with Crippen molar-refractivity contribution in [3.05, 3.63) is 35.4 Å². The Morgan fingerprint density at radius 2 is 1.52 bits per heavy atom. The quantitative estimate of drug-likeness (QED) is 0.763. The van der Waals surface area contributed by atoms with E-state index in [9.17, 15) is 4.79 Å². The predicted molar refractivity (Wildman–Crippen MR) is 99.9 cm³/mol. The maximum Gasteiger partial charge on any atom is 0.132 e. The van der Waals surface area contributed by atoms with Crippen molar-refractivity contribution in [2.45, 2.75) is 85.7 Å². The summed E-state index contributed by atoms with van der Waals surface area (Å²) in [5, 5.41) is 9.10. The maximum atomic E-state index is 10.8. The Morgan fingerprint density at radius 1 is 1.09 bits per heavy atom. The molecule has 0 saturated heterocycles. The molecule has 0 aromatic heterocycles. The van der Waals surface area contributed by atoms with Gasteiger partial charge in [0.05, 0.1) is 6.10 Å². The Bertz CT molecular complexity index is 412. The van der Waals surface area contributed by atoms with E-state index >= 15 is 0 Å². The minimum Gasteiger partial charge on any atom is -0.393 e. The second-order valence-corrected chi connectivity index (χ2v) is 6.89. The monoisotopic (exact) mass is 320 g/mol. The molecule has 0 heterocycles. The minimum absolute atomic E-state index is 0.143. The van der Waals surface area contributed by atoms with Crippen LogP contribution in [0.3, 0.4) is 0 Å². The van der Waals surface area contributed by atoms with Crippen molar-refractivity contribution in [1.82, 2.24) is 0 Å². The van der Waals surface area contributed by atoms with Crippen molar-refractivity contribution in [2.75, 3.05) is 0 Å². The highest BCUT2D eigenvalue weighted by molar-refractivity contribution is 5.78. The van der Waals surface area contributed by atoms with Crippen LogP contribution >= 0.6 is 0 Å². The molecule has 0 atom stereocenters. The molecule has 2 heteroatoms. The number of carbonyl (C=O) groups is 1. The zero-order chi connectivity index (χ0) is 17.8. The number of ketones is 1. The van der Waals surface area contributed by atoms with Gasteiger partial charge in [0, 0.05) is 5.92 Å². The summed E-state index contributed by atoms with van der Waals surface area (Å²) in [6.07, 6.45) is 4.50. The van der Waals surface area contributed by atoms with Crippen LogP contribution in [0.25, 0.3) is 0 Å². The standard InChI is InChI=1S/C10H14.C8H14O2.C3H8/c1-8(2)10-6-4-9(3)5-7-10;1-6(9)7-2-4-8(10)5-3-7;1-3-2/h4-8H,1-3H3;7-8,10H,2-5H2,1H3;3H2,1-2H3. The first-order chi connectivity index (χ1) is 10.8. The molecule has 1 aromatic rings. The van der Waals surface area contributed by atoms with Crippen LogP contribution in [0.15, 0.2) is 24.3 Å². The summed E-state index contributed by atoms with van der Waals surface area (Å²) in [7, 11) is 0. The highest BCUT2D eigenvalue weighted by Gasteiger charge is 2.21. The normalized spacial score (nSPS) is 20.0. The average Bonchev–Trinajstić information content (AvgIpc) is 2.49. The van der Waals surface area contributed by atoms with Crippen LogP contribution in [0.4, 0.5) is 0 Å². The fourth-order valence-electron chi connectivity index (χ4n) is 2.43. The first kappa shape index (κ1) is 21.9. The van der Waals surface area contributed by atoms with E-state index in [1.807, 2.05) is 0 Å². The zero-order valence-electron chi connectivity index (χ0n) is 15.9. The highest BCUT2D eigenvalue weighted by Crippen LogP contribution is 2.24. The molecule has 132 valence electrons. The maximum absolute atomic E-state index is 10.8. The summed E-state index contributed by atoms with van der Waals surface area (Å²) < 4.78 is 0. The summed E-state index contributed by atoms with van der Waals surface area (Å²) in [6.45, 7) is 12.4. The second kappa shape index (κ2) is 12.3.